The van der Waals surface area contributed by atoms with Crippen LogP contribution in [0.5, 0.6) is 23.0 Å². The Bertz CT molecular complexity index is 1090. The normalized spacial score (nSPS) is 16.6. The minimum atomic E-state index is -0.476. The summed E-state index contributed by atoms with van der Waals surface area (Å²) >= 11 is 10.4. The Balaban J connectivity index is 1.61. The molecule has 2 amide bonds. The summed E-state index contributed by atoms with van der Waals surface area (Å²) in [5.74, 6) is 0.735. The van der Waals surface area contributed by atoms with Crippen LogP contribution in [0.4, 0.5) is 4.79 Å². The molecule has 10 heteroatoms. The second-order valence-electron chi connectivity index (χ2n) is 6.34. The van der Waals surface area contributed by atoms with Gasteiger partial charge in [0.05, 0.1) is 18.1 Å². The number of carbonyl (C=O) groups is 2. The minimum Gasteiger partial charge on any atom is -0.504 e. The number of carbonyl (C=O) groups excluding carboxylic acids is 2. The molecule has 1 N–H and O–H groups in total. The molecule has 0 aliphatic carbocycles. The Hall–Kier alpha value is -2.36. The zero-order valence-electron chi connectivity index (χ0n) is 15.6. The first-order valence-corrected chi connectivity index (χ1v) is 10.8. The molecule has 0 unspecified atom stereocenters. The van der Waals surface area contributed by atoms with Crippen molar-refractivity contribution in [2.75, 3.05) is 13.4 Å². The largest absolute Gasteiger partial charge is 0.504 e. The maximum atomic E-state index is 12.9. The number of halogens is 2. The van der Waals surface area contributed by atoms with E-state index in [1.54, 1.807) is 31.2 Å². The van der Waals surface area contributed by atoms with E-state index in [1.165, 1.54) is 6.08 Å². The molecule has 0 saturated carbocycles. The first kappa shape index (κ1) is 20.9. The van der Waals surface area contributed by atoms with E-state index < -0.39 is 11.1 Å². The van der Waals surface area contributed by atoms with Crippen molar-refractivity contribution in [1.29, 1.82) is 0 Å². The lowest BCUT2D eigenvalue weighted by Crippen LogP contribution is -2.27. The van der Waals surface area contributed by atoms with Gasteiger partial charge in [-0.3, -0.25) is 14.5 Å². The predicted molar refractivity (Wildman–Crippen MR) is 116 cm³/mol. The predicted octanol–water partition coefficient (Wildman–Crippen LogP) is 5.17. The summed E-state index contributed by atoms with van der Waals surface area (Å²) in [6.07, 6.45) is 1.47. The number of amides is 2. The van der Waals surface area contributed by atoms with Gasteiger partial charge in [-0.05, 0) is 48.5 Å². The van der Waals surface area contributed by atoms with Crippen molar-refractivity contribution < 1.29 is 28.9 Å². The summed E-state index contributed by atoms with van der Waals surface area (Å²) in [4.78, 5) is 26.6. The van der Waals surface area contributed by atoms with Crippen molar-refractivity contribution in [3.63, 3.8) is 0 Å². The number of nitrogens with zero attached hydrogens (tertiary/aromatic N) is 1. The number of thioether (sulfide) groups is 1. The molecule has 2 aliphatic heterocycles. The molecule has 2 aromatic carbocycles. The summed E-state index contributed by atoms with van der Waals surface area (Å²) in [6.45, 7) is 2.26. The van der Waals surface area contributed by atoms with E-state index in [2.05, 4.69) is 15.9 Å². The number of fused-ring (bicyclic) bond motifs is 1. The highest BCUT2D eigenvalue weighted by molar-refractivity contribution is 9.10. The fourth-order valence-corrected chi connectivity index (χ4v) is 4.50. The maximum Gasteiger partial charge on any atom is 0.293 e. The monoisotopic (exact) mass is 511 g/mol. The Morgan fingerprint density at radius 1 is 1.27 bits per heavy atom. The van der Waals surface area contributed by atoms with Gasteiger partial charge in [0.25, 0.3) is 11.1 Å². The van der Waals surface area contributed by atoms with Crippen LogP contribution in [0.15, 0.2) is 33.6 Å². The van der Waals surface area contributed by atoms with Gasteiger partial charge in [0.1, 0.15) is 0 Å². The number of rotatable bonds is 5. The maximum absolute atomic E-state index is 12.9. The number of hydrogen-bond acceptors (Lipinski definition) is 7. The average molecular weight is 513 g/mol. The van der Waals surface area contributed by atoms with Crippen molar-refractivity contribution in [2.45, 2.75) is 13.5 Å². The van der Waals surface area contributed by atoms with Crippen LogP contribution in [0, 0.1) is 0 Å². The lowest BCUT2D eigenvalue weighted by atomic mass is 10.1. The Morgan fingerprint density at radius 3 is 2.73 bits per heavy atom. The Labute approximate surface area is 189 Å². The first-order valence-electron chi connectivity index (χ1n) is 8.86. The zero-order valence-corrected chi connectivity index (χ0v) is 18.8. The van der Waals surface area contributed by atoms with Gasteiger partial charge in [-0.2, -0.15) is 0 Å². The van der Waals surface area contributed by atoms with Gasteiger partial charge in [0.2, 0.25) is 6.79 Å². The third-order valence-electron chi connectivity index (χ3n) is 4.40. The van der Waals surface area contributed by atoms with E-state index >= 15 is 0 Å². The van der Waals surface area contributed by atoms with E-state index in [4.69, 9.17) is 25.8 Å². The molecule has 0 spiro atoms. The molecule has 30 heavy (non-hydrogen) atoms. The fourth-order valence-electron chi connectivity index (χ4n) is 3.00. The van der Waals surface area contributed by atoms with Crippen molar-refractivity contribution in [3.8, 4) is 23.0 Å². The number of phenolic OH excluding ortho intramolecular Hbond substituents is 1. The second-order valence-corrected chi connectivity index (χ2v) is 8.66. The molecule has 2 heterocycles. The second kappa shape index (κ2) is 8.41. The van der Waals surface area contributed by atoms with Crippen LogP contribution in [-0.2, 0) is 11.3 Å². The number of phenols is 1. The van der Waals surface area contributed by atoms with Gasteiger partial charge in [0.15, 0.2) is 23.0 Å². The van der Waals surface area contributed by atoms with Crippen LogP contribution in [0.25, 0.3) is 6.08 Å². The van der Waals surface area contributed by atoms with Crippen LogP contribution in [0.1, 0.15) is 18.1 Å². The lowest BCUT2D eigenvalue weighted by molar-refractivity contribution is -0.123. The van der Waals surface area contributed by atoms with Gasteiger partial charge in [0, 0.05) is 21.1 Å². The Kier molecular flexibility index (Phi) is 5.86. The van der Waals surface area contributed by atoms with E-state index in [0.717, 1.165) is 16.7 Å². The zero-order chi connectivity index (χ0) is 21.4. The first-order chi connectivity index (χ1) is 14.4. The highest BCUT2D eigenvalue weighted by atomic mass is 79.9. The number of ether oxygens (including phenoxy) is 3. The fraction of sp³-hybridized carbons (Fsp3) is 0.200. The number of aromatic hydroxyl groups is 1. The van der Waals surface area contributed by atoms with Gasteiger partial charge < -0.3 is 19.3 Å². The summed E-state index contributed by atoms with van der Waals surface area (Å²) in [5.41, 5.74) is 0.924. The van der Waals surface area contributed by atoms with Gasteiger partial charge in [-0.1, -0.05) is 27.5 Å². The highest BCUT2D eigenvalue weighted by Crippen LogP contribution is 2.41. The van der Waals surface area contributed by atoms with Gasteiger partial charge in [-0.15, -0.1) is 0 Å². The topological polar surface area (TPSA) is 85.3 Å². The average Bonchev–Trinajstić information content (AvgIpc) is 3.25. The molecule has 7 nitrogen and oxygen atoms in total. The summed E-state index contributed by atoms with van der Waals surface area (Å²) in [5, 5.41) is 10.4. The molecule has 0 atom stereocenters. The molecular formula is C20H15BrClNO6S. The molecular weight excluding hydrogens is 498 g/mol. The van der Waals surface area contributed by atoms with Crippen LogP contribution < -0.4 is 14.2 Å². The molecule has 0 aromatic heterocycles. The number of hydrogen-bond donors (Lipinski definition) is 1. The third kappa shape index (κ3) is 3.97. The van der Waals surface area contributed by atoms with E-state index in [-0.39, 0.29) is 29.7 Å². The van der Waals surface area contributed by atoms with Gasteiger partial charge in [-0.25, -0.2) is 0 Å². The van der Waals surface area contributed by atoms with Crippen molar-refractivity contribution >= 4 is 56.5 Å². The smallest absolute Gasteiger partial charge is 0.293 e. The van der Waals surface area contributed by atoms with Crippen LogP contribution in [0.3, 0.4) is 0 Å². The van der Waals surface area contributed by atoms with E-state index in [0.29, 0.717) is 38.7 Å². The third-order valence-corrected chi connectivity index (χ3v) is 6.12. The highest BCUT2D eigenvalue weighted by Gasteiger charge is 2.36. The molecule has 156 valence electrons. The summed E-state index contributed by atoms with van der Waals surface area (Å²) < 4.78 is 16.7. The van der Waals surface area contributed by atoms with Crippen molar-refractivity contribution in [1.82, 2.24) is 4.90 Å². The standard InChI is InChI=1S/C20H15BrClNO6S/c1-2-27-16-6-12(21)3-10(18(16)24)5-17-19(25)23(20(26)30-17)8-11-4-14-15(7-13(11)22)29-9-28-14/h3-7,24H,2,8-9H2,1H3/b17-5-. The lowest BCUT2D eigenvalue weighted by Gasteiger charge is -2.14. The molecule has 2 aromatic rings. The number of imide groups is 1. The summed E-state index contributed by atoms with van der Waals surface area (Å²) in [6, 6.07) is 6.53. The molecule has 1 saturated heterocycles. The number of benzene rings is 2. The molecule has 2 aliphatic rings. The molecule has 0 radical (unpaired) electrons. The Morgan fingerprint density at radius 2 is 2.00 bits per heavy atom. The minimum absolute atomic E-state index is 0.00780. The van der Waals surface area contributed by atoms with Crippen molar-refractivity contribution in [3.05, 3.63) is 49.8 Å². The molecule has 4 rings (SSSR count). The van der Waals surface area contributed by atoms with Crippen molar-refractivity contribution in [2.24, 2.45) is 0 Å². The van der Waals surface area contributed by atoms with Crippen LogP contribution >= 0.6 is 39.3 Å². The molecule has 0 bridgehead atoms. The SMILES string of the molecule is CCOc1cc(Br)cc(/C=C2\SC(=O)N(Cc3cc4c(cc3Cl)OCO4)C2=O)c1O. The summed E-state index contributed by atoms with van der Waals surface area (Å²) in [7, 11) is 0. The quantitative estimate of drug-likeness (QED) is 0.553. The molecule has 1 fully saturated rings. The van der Waals surface area contributed by atoms with Crippen LogP contribution in [0.2, 0.25) is 5.02 Å². The van der Waals surface area contributed by atoms with Gasteiger partial charge >= 0.3 is 0 Å². The van der Waals surface area contributed by atoms with E-state index in [1.807, 2.05) is 0 Å². The van der Waals surface area contributed by atoms with Crippen LogP contribution in [-0.4, -0.2) is 34.6 Å². The van der Waals surface area contributed by atoms with E-state index in [9.17, 15) is 14.7 Å².